The third-order valence-electron chi connectivity index (χ3n) is 8.55. The summed E-state index contributed by atoms with van der Waals surface area (Å²) >= 11 is 0. The summed E-state index contributed by atoms with van der Waals surface area (Å²) in [5, 5.41) is 15.4. The monoisotopic (exact) mass is 688 g/mol. The van der Waals surface area contributed by atoms with Gasteiger partial charge in [-0.2, -0.15) is 0 Å². The molecule has 0 aliphatic carbocycles. The molecule has 2 aromatic carbocycles. The molecule has 2 aliphatic rings. The van der Waals surface area contributed by atoms with E-state index in [0.29, 0.717) is 36.0 Å². The topological polar surface area (TPSA) is 188 Å². The first-order valence-electron chi connectivity index (χ1n) is 16.6. The number of benzene rings is 2. The fraction of sp³-hybridized carbons (Fsp3) is 0.400. The smallest absolute Gasteiger partial charge is 0.409 e. The molecule has 2 fully saturated rings. The predicted molar refractivity (Wildman–Crippen MR) is 180 cm³/mol. The van der Waals surface area contributed by atoms with Crippen molar-refractivity contribution in [3.8, 4) is 5.75 Å². The number of hydrogen-bond acceptors (Lipinski definition) is 9. The van der Waals surface area contributed by atoms with Crippen LogP contribution in [0.1, 0.15) is 43.1 Å². The molecular weight excluding hydrogens is 648 g/mol. The van der Waals surface area contributed by atoms with Gasteiger partial charge in [0, 0.05) is 56.3 Å². The molecule has 3 N–H and O–H groups in total. The molecule has 2 saturated heterocycles. The Bertz CT molecular complexity index is 1730. The van der Waals surface area contributed by atoms with Crippen molar-refractivity contribution in [1.29, 1.82) is 0 Å². The zero-order chi connectivity index (χ0) is 35.6. The van der Waals surface area contributed by atoms with Crippen LogP contribution in [0.4, 0.5) is 10.5 Å². The van der Waals surface area contributed by atoms with Crippen LogP contribution in [0.15, 0.2) is 60.7 Å². The SMILES string of the molecule is CCOC(=O)N1CCN(C(=O)[C@H](CCC(=O)O)NC(=O)c2cc(OCC(=O)N3CCC[C@H]3C(=O)Nc3ccccc3)c3ccccc3n2)CC1. The lowest BCUT2D eigenvalue weighted by Crippen LogP contribution is -2.56. The van der Waals surface area contributed by atoms with E-state index in [1.807, 2.05) is 6.07 Å². The number of nitrogens with one attached hydrogen (secondary N) is 2. The van der Waals surface area contributed by atoms with Crippen molar-refractivity contribution in [3.63, 3.8) is 0 Å². The molecule has 0 bridgehead atoms. The second kappa shape index (κ2) is 16.6. The Morgan fingerprint density at radius 1 is 0.940 bits per heavy atom. The van der Waals surface area contributed by atoms with Crippen LogP contribution in [-0.4, -0.2) is 119 Å². The minimum Gasteiger partial charge on any atom is -0.483 e. The summed E-state index contributed by atoms with van der Waals surface area (Å²) in [7, 11) is 0. The average Bonchev–Trinajstić information content (AvgIpc) is 3.63. The number of piperazine rings is 1. The Hall–Kier alpha value is -5.73. The van der Waals surface area contributed by atoms with Gasteiger partial charge in [0.05, 0.1) is 12.1 Å². The number of pyridine rings is 1. The van der Waals surface area contributed by atoms with Crippen LogP contribution >= 0.6 is 0 Å². The second-order valence-electron chi connectivity index (χ2n) is 11.9. The summed E-state index contributed by atoms with van der Waals surface area (Å²) in [6.07, 6.45) is 0.145. The summed E-state index contributed by atoms with van der Waals surface area (Å²) in [6.45, 7) is 2.74. The van der Waals surface area contributed by atoms with Crippen molar-refractivity contribution < 1.29 is 43.3 Å². The number of ether oxygens (including phenoxy) is 2. The van der Waals surface area contributed by atoms with E-state index in [4.69, 9.17) is 9.47 Å². The summed E-state index contributed by atoms with van der Waals surface area (Å²) in [4.78, 5) is 85.8. The van der Waals surface area contributed by atoms with Crippen LogP contribution < -0.4 is 15.4 Å². The highest BCUT2D eigenvalue weighted by Crippen LogP contribution is 2.27. The van der Waals surface area contributed by atoms with Crippen LogP contribution in [-0.2, 0) is 23.9 Å². The van der Waals surface area contributed by atoms with Gasteiger partial charge in [-0.3, -0.25) is 24.0 Å². The second-order valence-corrected chi connectivity index (χ2v) is 11.9. The minimum atomic E-state index is -1.18. The lowest BCUT2D eigenvalue weighted by molar-refractivity contribution is -0.138. The Kier molecular flexibility index (Phi) is 11.8. The van der Waals surface area contributed by atoms with Crippen LogP contribution in [0.25, 0.3) is 10.9 Å². The van der Waals surface area contributed by atoms with Gasteiger partial charge in [0.25, 0.3) is 11.8 Å². The van der Waals surface area contributed by atoms with Crippen molar-refractivity contribution in [2.45, 2.75) is 44.7 Å². The van der Waals surface area contributed by atoms with Gasteiger partial charge in [-0.05, 0) is 50.5 Å². The molecule has 0 saturated carbocycles. The number of amides is 5. The average molecular weight is 689 g/mol. The minimum absolute atomic E-state index is 0.104. The van der Waals surface area contributed by atoms with Gasteiger partial charge in [0.15, 0.2) is 6.61 Å². The number of carboxylic acid groups (broad SMARTS) is 1. The van der Waals surface area contributed by atoms with Crippen molar-refractivity contribution in [3.05, 3.63) is 66.4 Å². The molecule has 3 heterocycles. The van der Waals surface area contributed by atoms with Gasteiger partial charge in [0.2, 0.25) is 11.8 Å². The van der Waals surface area contributed by atoms with Crippen molar-refractivity contribution in [2.24, 2.45) is 0 Å². The number of rotatable bonds is 12. The first-order valence-corrected chi connectivity index (χ1v) is 16.6. The predicted octanol–water partition coefficient (Wildman–Crippen LogP) is 2.51. The molecular formula is C35H40N6O9. The summed E-state index contributed by atoms with van der Waals surface area (Å²) < 4.78 is 11.0. The normalized spacial score (nSPS) is 16.4. The van der Waals surface area contributed by atoms with E-state index in [1.165, 1.54) is 20.8 Å². The Morgan fingerprint density at radius 2 is 1.64 bits per heavy atom. The van der Waals surface area contributed by atoms with E-state index < -0.39 is 48.5 Å². The maximum absolute atomic E-state index is 13.6. The first kappa shape index (κ1) is 35.6. The third-order valence-corrected chi connectivity index (χ3v) is 8.55. The molecule has 5 amide bonds. The number of carboxylic acids is 1. The lowest BCUT2D eigenvalue weighted by atomic mass is 10.1. The number of nitrogens with zero attached hydrogens (tertiary/aromatic N) is 4. The highest BCUT2D eigenvalue weighted by atomic mass is 16.6. The van der Waals surface area contributed by atoms with E-state index >= 15 is 0 Å². The lowest BCUT2D eigenvalue weighted by Gasteiger charge is -2.35. The number of anilines is 1. The maximum Gasteiger partial charge on any atom is 0.409 e. The molecule has 0 radical (unpaired) electrons. The van der Waals surface area contributed by atoms with Crippen LogP contribution in [0.3, 0.4) is 0 Å². The fourth-order valence-corrected chi connectivity index (χ4v) is 5.99. The van der Waals surface area contributed by atoms with Gasteiger partial charge >= 0.3 is 12.1 Å². The fourth-order valence-electron chi connectivity index (χ4n) is 5.99. The molecule has 2 atom stereocenters. The van der Waals surface area contributed by atoms with E-state index in [1.54, 1.807) is 55.5 Å². The Morgan fingerprint density at radius 3 is 2.36 bits per heavy atom. The van der Waals surface area contributed by atoms with Gasteiger partial charge in [-0.1, -0.05) is 30.3 Å². The number of aliphatic carboxylic acids is 1. The third kappa shape index (κ3) is 8.84. The number of fused-ring (bicyclic) bond motifs is 1. The number of aromatic nitrogens is 1. The molecule has 15 heteroatoms. The number of hydrogen-bond donors (Lipinski definition) is 3. The Balaban J connectivity index is 1.27. The van der Waals surface area contributed by atoms with E-state index in [2.05, 4.69) is 15.6 Å². The number of likely N-dealkylation sites (tertiary alicyclic amines) is 1. The van der Waals surface area contributed by atoms with E-state index in [9.17, 15) is 33.9 Å². The number of carbonyl (C=O) groups excluding carboxylic acids is 5. The summed E-state index contributed by atoms with van der Waals surface area (Å²) in [5.41, 5.74) is 0.922. The van der Waals surface area contributed by atoms with Gasteiger partial charge in [-0.15, -0.1) is 0 Å². The summed E-state index contributed by atoms with van der Waals surface area (Å²) in [6, 6.07) is 15.4. The van der Waals surface area contributed by atoms with Crippen LogP contribution in [0, 0.1) is 0 Å². The van der Waals surface area contributed by atoms with Gasteiger partial charge in [0.1, 0.15) is 23.5 Å². The zero-order valence-corrected chi connectivity index (χ0v) is 27.7. The highest BCUT2D eigenvalue weighted by molar-refractivity contribution is 6.00. The standard InChI is InChI=1S/C35H40N6O9/c1-2-49-35(48)40-19-17-39(18-20-40)34(47)26(14-15-31(43)44)38-32(45)27-21-29(24-11-6-7-12-25(24)37-27)50-22-30(42)41-16-8-13-28(41)33(46)36-23-9-4-3-5-10-23/h3-7,9-12,21,26,28H,2,8,13-20,22H2,1H3,(H,36,46)(H,38,45)(H,43,44)/t26-,28-/m0/s1. The van der Waals surface area contributed by atoms with Crippen molar-refractivity contribution >= 4 is 52.3 Å². The summed E-state index contributed by atoms with van der Waals surface area (Å²) in [5.74, 6) is -2.85. The molecule has 50 heavy (non-hydrogen) atoms. The molecule has 5 rings (SSSR count). The molecule has 0 unspecified atom stereocenters. The highest BCUT2D eigenvalue weighted by Gasteiger charge is 2.35. The largest absolute Gasteiger partial charge is 0.483 e. The maximum atomic E-state index is 13.6. The molecule has 264 valence electrons. The van der Waals surface area contributed by atoms with E-state index in [0.717, 1.165) is 0 Å². The molecule has 1 aromatic heterocycles. The van der Waals surface area contributed by atoms with Crippen LogP contribution in [0.5, 0.6) is 5.75 Å². The first-order chi connectivity index (χ1) is 24.1. The number of para-hydroxylation sites is 2. The van der Waals surface area contributed by atoms with Gasteiger partial charge in [-0.25, -0.2) is 9.78 Å². The van der Waals surface area contributed by atoms with Crippen molar-refractivity contribution in [1.82, 2.24) is 25.0 Å². The number of carbonyl (C=O) groups is 6. The molecule has 0 spiro atoms. The van der Waals surface area contributed by atoms with Crippen LogP contribution in [0.2, 0.25) is 0 Å². The van der Waals surface area contributed by atoms with Crippen molar-refractivity contribution in [2.75, 3.05) is 51.3 Å². The zero-order valence-electron chi connectivity index (χ0n) is 27.7. The van der Waals surface area contributed by atoms with Gasteiger partial charge < -0.3 is 39.9 Å². The Labute approximate surface area is 288 Å². The van der Waals surface area contributed by atoms with E-state index in [-0.39, 0.29) is 63.0 Å². The molecule has 3 aromatic rings. The quantitative estimate of drug-likeness (QED) is 0.255. The molecule has 15 nitrogen and oxygen atoms in total. The molecule has 2 aliphatic heterocycles.